The summed E-state index contributed by atoms with van der Waals surface area (Å²) in [4.78, 5) is 5.71. The highest BCUT2D eigenvalue weighted by Gasteiger charge is 2.45. The molecule has 4 nitrogen and oxygen atoms in total. The third-order valence-electron chi connectivity index (χ3n) is 3.80. The van der Waals surface area contributed by atoms with Crippen LogP contribution < -0.4 is 0 Å². The van der Waals surface area contributed by atoms with Crippen molar-refractivity contribution in [1.29, 1.82) is 0 Å². The van der Waals surface area contributed by atoms with E-state index in [2.05, 4.69) is 4.98 Å². The highest BCUT2D eigenvalue weighted by Crippen LogP contribution is 2.41. The first-order valence-corrected chi connectivity index (χ1v) is 8.39. The summed E-state index contributed by atoms with van der Waals surface area (Å²) in [7, 11) is 0. The van der Waals surface area contributed by atoms with Gasteiger partial charge in [0, 0.05) is 24.5 Å². The number of aliphatic hydroxyl groups excluding tert-OH is 1. The fraction of sp³-hybridized carbons (Fsp3) is 0.250. The molecule has 2 aromatic rings. The summed E-state index contributed by atoms with van der Waals surface area (Å²) in [6.45, 7) is 0.0770. The number of hydrogen-bond donors (Lipinski definition) is 2. The van der Waals surface area contributed by atoms with Gasteiger partial charge in [-0.2, -0.15) is 0 Å². The summed E-state index contributed by atoms with van der Waals surface area (Å²) in [6, 6.07) is 7.71. The maximum Gasteiger partial charge on any atom is 0.175 e. The monoisotopic (exact) mass is 350 g/mol. The molecule has 0 radical (unpaired) electrons. The van der Waals surface area contributed by atoms with E-state index in [1.54, 1.807) is 17.3 Å². The van der Waals surface area contributed by atoms with E-state index in [9.17, 15) is 14.6 Å². The summed E-state index contributed by atoms with van der Waals surface area (Å²) >= 11 is 6.69. The molecular weight excluding hydrogens is 335 g/mol. The van der Waals surface area contributed by atoms with E-state index in [4.69, 9.17) is 12.2 Å². The van der Waals surface area contributed by atoms with Gasteiger partial charge in [-0.1, -0.05) is 36.1 Å². The summed E-state index contributed by atoms with van der Waals surface area (Å²) in [5.41, 5.74) is 0.252. The van der Waals surface area contributed by atoms with E-state index < -0.39 is 11.5 Å². The van der Waals surface area contributed by atoms with Crippen LogP contribution in [0.25, 0.3) is 0 Å². The molecule has 1 atom stereocenters. The first-order valence-electron chi connectivity index (χ1n) is 7.00. The SMILES string of the molecule is OCc1ccc(F)cc1C1(O)CSC(=S)N1Cc1cccnc1. The quantitative estimate of drug-likeness (QED) is 0.826. The predicted molar refractivity (Wildman–Crippen MR) is 91.1 cm³/mol. The van der Waals surface area contributed by atoms with Gasteiger partial charge < -0.3 is 15.1 Å². The smallest absolute Gasteiger partial charge is 0.175 e. The summed E-state index contributed by atoms with van der Waals surface area (Å²) in [5.74, 6) is -0.183. The molecule has 7 heteroatoms. The van der Waals surface area contributed by atoms with E-state index in [1.807, 2.05) is 12.1 Å². The third-order valence-corrected chi connectivity index (χ3v) is 5.39. The Kier molecular flexibility index (Phi) is 4.63. The zero-order valence-corrected chi connectivity index (χ0v) is 13.8. The molecule has 0 aliphatic carbocycles. The number of rotatable bonds is 4. The molecule has 3 rings (SSSR count). The number of nitrogens with zero attached hydrogens (tertiary/aromatic N) is 2. The second-order valence-corrected chi connectivity index (χ2v) is 6.89. The minimum absolute atomic E-state index is 0.280. The average Bonchev–Trinajstić information content (AvgIpc) is 2.85. The summed E-state index contributed by atoms with van der Waals surface area (Å²) in [5, 5.41) is 20.7. The molecule has 23 heavy (non-hydrogen) atoms. The third kappa shape index (κ3) is 3.10. The van der Waals surface area contributed by atoms with Crippen LogP contribution in [0.3, 0.4) is 0 Å². The number of halogens is 1. The summed E-state index contributed by atoms with van der Waals surface area (Å²) < 4.78 is 14.2. The van der Waals surface area contributed by atoms with Crippen molar-refractivity contribution in [3.8, 4) is 0 Å². The molecule has 1 aliphatic heterocycles. The molecule has 1 fully saturated rings. The average molecular weight is 350 g/mol. The van der Waals surface area contributed by atoms with Crippen LogP contribution in [0.5, 0.6) is 0 Å². The van der Waals surface area contributed by atoms with Gasteiger partial charge in [-0.25, -0.2) is 4.39 Å². The number of aromatic nitrogens is 1. The maximum atomic E-state index is 13.7. The number of thioether (sulfide) groups is 1. The van der Waals surface area contributed by atoms with Crippen LogP contribution in [0.1, 0.15) is 16.7 Å². The molecule has 1 aromatic heterocycles. The van der Waals surface area contributed by atoms with E-state index in [1.165, 1.54) is 30.0 Å². The van der Waals surface area contributed by atoms with Crippen molar-refractivity contribution in [3.63, 3.8) is 0 Å². The minimum Gasteiger partial charge on any atom is -0.392 e. The topological polar surface area (TPSA) is 56.6 Å². The van der Waals surface area contributed by atoms with Crippen molar-refractivity contribution in [3.05, 3.63) is 65.2 Å². The molecule has 120 valence electrons. The van der Waals surface area contributed by atoms with Gasteiger partial charge in [0.05, 0.1) is 12.4 Å². The summed E-state index contributed by atoms with van der Waals surface area (Å²) in [6.07, 6.45) is 3.37. The molecule has 0 amide bonds. The lowest BCUT2D eigenvalue weighted by Gasteiger charge is -2.35. The van der Waals surface area contributed by atoms with Crippen LogP contribution in [0.4, 0.5) is 4.39 Å². The molecule has 1 aliphatic rings. The van der Waals surface area contributed by atoms with Crippen LogP contribution in [-0.4, -0.2) is 30.2 Å². The predicted octanol–water partition coefficient (Wildman–Crippen LogP) is 2.39. The van der Waals surface area contributed by atoms with Crippen LogP contribution in [0.2, 0.25) is 0 Å². The second kappa shape index (κ2) is 6.52. The fourth-order valence-electron chi connectivity index (χ4n) is 2.62. The van der Waals surface area contributed by atoms with Gasteiger partial charge in [0.15, 0.2) is 5.72 Å². The Morgan fingerprint density at radius 3 is 2.91 bits per heavy atom. The van der Waals surface area contributed by atoms with E-state index >= 15 is 0 Å². The van der Waals surface area contributed by atoms with Crippen molar-refractivity contribution in [1.82, 2.24) is 9.88 Å². The number of aliphatic hydroxyl groups is 2. The Labute approximate surface area is 143 Å². The molecule has 2 N–H and O–H groups in total. The molecule has 1 unspecified atom stereocenters. The Balaban J connectivity index is 2.02. The largest absolute Gasteiger partial charge is 0.392 e. The van der Waals surface area contributed by atoms with Gasteiger partial charge in [-0.3, -0.25) is 4.98 Å². The normalized spacial score (nSPS) is 21.0. The lowest BCUT2D eigenvalue weighted by Crippen LogP contribution is -2.44. The lowest BCUT2D eigenvalue weighted by molar-refractivity contribution is -0.0524. The van der Waals surface area contributed by atoms with Gasteiger partial charge in [-0.15, -0.1) is 0 Å². The number of benzene rings is 1. The lowest BCUT2D eigenvalue weighted by atomic mass is 9.96. The van der Waals surface area contributed by atoms with Gasteiger partial charge >= 0.3 is 0 Å². The molecule has 0 spiro atoms. The fourth-order valence-corrected chi connectivity index (χ4v) is 4.02. The van der Waals surface area contributed by atoms with Crippen molar-refractivity contribution in [2.45, 2.75) is 18.9 Å². The number of thiocarbonyl (C=S) groups is 1. The Morgan fingerprint density at radius 1 is 1.39 bits per heavy atom. The van der Waals surface area contributed by atoms with Crippen molar-refractivity contribution in [2.75, 3.05) is 5.75 Å². The molecular formula is C16H15FN2O2S2. The Morgan fingerprint density at radius 2 is 2.22 bits per heavy atom. The number of hydrogen-bond acceptors (Lipinski definition) is 5. The van der Waals surface area contributed by atoms with E-state index in [-0.39, 0.29) is 12.4 Å². The standard InChI is InChI=1S/C16H15FN2O2S2/c17-13-4-3-12(9-20)14(6-13)16(21)10-23-15(22)19(16)8-11-2-1-5-18-7-11/h1-7,20-21H,8-10H2. The van der Waals surface area contributed by atoms with Crippen molar-refractivity contribution in [2.24, 2.45) is 0 Å². The number of pyridine rings is 1. The van der Waals surface area contributed by atoms with Crippen LogP contribution in [0.15, 0.2) is 42.7 Å². The highest BCUT2D eigenvalue weighted by molar-refractivity contribution is 8.23. The van der Waals surface area contributed by atoms with Crippen molar-refractivity contribution < 1.29 is 14.6 Å². The Bertz CT molecular complexity index is 729. The van der Waals surface area contributed by atoms with Gasteiger partial charge in [0.25, 0.3) is 0 Å². The second-order valence-electron chi connectivity index (χ2n) is 5.28. The van der Waals surface area contributed by atoms with E-state index in [0.717, 1.165) is 5.56 Å². The van der Waals surface area contributed by atoms with Crippen LogP contribution in [0, 0.1) is 5.82 Å². The van der Waals surface area contributed by atoms with Gasteiger partial charge in [0.1, 0.15) is 10.1 Å². The highest BCUT2D eigenvalue weighted by atomic mass is 32.2. The first-order chi connectivity index (χ1) is 11.0. The van der Waals surface area contributed by atoms with E-state index in [0.29, 0.717) is 22.0 Å². The van der Waals surface area contributed by atoms with Crippen LogP contribution >= 0.6 is 24.0 Å². The van der Waals surface area contributed by atoms with Crippen molar-refractivity contribution >= 4 is 28.3 Å². The molecule has 0 saturated carbocycles. The maximum absolute atomic E-state index is 13.7. The minimum atomic E-state index is -1.46. The van der Waals surface area contributed by atoms with Gasteiger partial charge in [0.2, 0.25) is 0 Å². The first kappa shape index (κ1) is 16.3. The molecule has 0 bridgehead atoms. The zero-order valence-electron chi connectivity index (χ0n) is 12.1. The zero-order chi connectivity index (χ0) is 16.4. The Hall–Kier alpha value is -1.54. The van der Waals surface area contributed by atoms with Gasteiger partial charge in [-0.05, 0) is 29.3 Å². The molecule has 1 aromatic carbocycles. The molecule has 1 saturated heterocycles. The molecule has 2 heterocycles. The van der Waals surface area contributed by atoms with Crippen LogP contribution in [-0.2, 0) is 18.9 Å².